The Labute approximate surface area is 107 Å². The molecular weight excluding hydrogens is 208 g/mol. The van der Waals surface area contributed by atoms with E-state index in [1.165, 1.54) is 19.3 Å². The molecule has 2 unspecified atom stereocenters. The number of nitrogens with one attached hydrogen (secondary N) is 1. The molecule has 100 valence electrons. The van der Waals surface area contributed by atoms with Crippen molar-refractivity contribution in [1.82, 2.24) is 5.32 Å². The van der Waals surface area contributed by atoms with E-state index in [4.69, 9.17) is 5.73 Å². The first-order valence-electron chi connectivity index (χ1n) is 6.99. The lowest BCUT2D eigenvalue weighted by Gasteiger charge is -2.48. The van der Waals surface area contributed by atoms with Crippen LogP contribution in [0.5, 0.6) is 0 Å². The largest absolute Gasteiger partial charge is 0.329 e. The third kappa shape index (κ3) is 4.44. The number of hydrogen-bond acceptors (Lipinski definition) is 2. The van der Waals surface area contributed by atoms with Crippen LogP contribution in [0.25, 0.3) is 0 Å². The molecule has 1 aliphatic carbocycles. The highest BCUT2D eigenvalue weighted by atomic mass is 15.0. The highest BCUT2D eigenvalue weighted by molar-refractivity contribution is 5.00. The van der Waals surface area contributed by atoms with Gasteiger partial charge in [0.05, 0.1) is 0 Å². The fourth-order valence-electron chi connectivity index (χ4n) is 3.69. The van der Waals surface area contributed by atoms with Crippen LogP contribution in [0.4, 0.5) is 0 Å². The summed E-state index contributed by atoms with van der Waals surface area (Å²) in [6.45, 7) is 11.0. The molecule has 0 aromatic heterocycles. The van der Waals surface area contributed by atoms with E-state index < -0.39 is 0 Å². The van der Waals surface area contributed by atoms with Crippen LogP contribution in [0, 0.1) is 11.3 Å². The van der Waals surface area contributed by atoms with Crippen molar-refractivity contribution in [3.8, 4) is 0 Å². The second kappa shape index (κ2) is 6.01. The number of hydrogen-bond donors (Lipinski definition) is 2. The van der Waals surface area contributed by atoms with Gasteiger partial charge in [0, 0.05) is 12.1 Å². The van der Waals surface area contributed by atoms with E-state index in [0.717, 1.165) is 25.4 Å². The number of allylic oxidation sites excluding steroid dienone is 1. The van der Waals surface area contributed by atoms with Crippen molar-refractivity contribution in [2.75, 3.05) is 13.1 Å². The lowest BCUT2D eigenvalue weighted by Crippen LogP contribution is -2.57. The Balaban J connectivity index is 2.60. The summed E-state index contributed by atoms with van der Waals surface area (Å²) >= 11 is 0. The van der Waals surface area contributed by atoms with Crippen molar-refractivity contribution < 1.29 is 0 Å². The van der Waals surface area contributed by atoms with Crippen molar-refractivity contribution in [3.05, 3.63) is 12.2 Å². The minimum Gasteiger partial charge on any atom is -0.329 e. The summed E-state index contributed by atoms with van der Waals surface area (Å²) in [4.78, 5) is 0. The van der Waals surface area contributed by atoms with E-state index in [-0.39, 0.29) is 5.54 Å². The smallest absolute Gasteiger partial charge is 0.0311 e. The topological polar surface area (TPSA) is 38.0 Å². The maximum absolute atomic E-state index is 6.06. The standard InChI is InChI=1S/C15H30N2/c1-5-6-7-8-17-15(12-16)10-13(2)9-14(3,4)11-15/h5-6,13,17H,7-12,16H2,1-4H3/b6-5+. The first-order valence-corrected chi connectivity index (χ1v) is 6.99. The summed E-state index contributed by atoms with van der Waals surface area (Å²) in [5.74, 6) is 0.775. The first kappa shape index (κ1) is 14.7. The Morgan fingerprint density at radius 3 is 2.59 bits per heavy atom. The molecule has 0 bridgehead atoms. The molecule has 1 aliphatic rings. The summed E-state index contributed by atoms with van der Waals surface area (Å²) in [5.41, 5.74) is 6.65. The Morgan fingerprint density at radius 2 is 2.06 bits per heavy atom. The summed E-state index contributed by atoms with van der Waals surface area (Å²) in [6, 6.07) is 0. The Morgan fingerprint density at radius 1 is 1.35 bits per heavy atom. The molecule has 1 saturated carbocycles. The van der Waals surface area contributed by atoms with Crippen molar-refractivity contribution in [2.45, 2.75) is 58.9 Å². The average molecular weight is 238 g/mol. The Kier molecular flexibility index (Phi) is 5.21. The molecule has 0 saturated heterocycles. The highest BCUT2D eigenvalue weighted by Crippen LogP contribution is 2.43. The van der Waals surface area contributed by atoms with Crippen LogP contribution in [-0.2, 0) is 0 Å². The maximum atomic E-state index is 6.06. The molecule has 0 aliphatic heterocycles. The number of rotatable bonds is 5. The second-order valence-corrected chi connectivity index (χ2v) is 6.62. The second-order valence-electron chi connectivity index (χ2n) is 6.62. The van der Waals surface area contributed by atoms with Crippen LogP contribution in [0.1, 0.15) is 53.4 Å². The molecule has 2 atom stereocenters. The highest BCUT2D eigenvalue weighted by Gasteiger charge is 2.41. The van der Waals surface area contributed by atoms with Crippen molar-refractivity contribution in [3.63, 3.8) is 0 Å². The van der Waals surface area contributed by atoms with Gasteiger partial charge in [-0.2, -0.15) is 0 Å². The van der Waals surface area contributed by atoms with Crippen LogP contribution in [0.3, 0.4) is 0 Å². The molecule has 0 aromatic rings. The van der Waals surface area contributed by atoms with Gasteiger partial charge in [-0.15, -0.1) is 0 Å². The fraction of sp³-hybridized carbons (Fsp3) is 0.867. The van der Waals surface area contributed by atoms with Gasteiger partial charge in [0.1, 0.15) is 0 Å². The zero-order chi connectivity index (χ0) is 12.9. The van der Waals surface area contributed by atoms with Crippen LogP contribution < -0.4 is 11.1 Å². The van der Waals surface area contributed by atoms with E-state index in [2.05, 4.69) is 45.2 Å². The summed E-state index contributed by atoms with van der Waals surface area (Å²) in [7, 11) is 0. The molecule has 0 spiro atoms. The van der Waals surface area contributed by atoms with Crippen molar-refractivity contribution in [1.29, 1.82) is 0 Å². The predicted octanol–water partition coefficient (Wildman–Crippen LogP) is 3.09. The molecule has 0 radical (unpaired) electrons. The van der Waals surface area contributed by atoms with Gasteiger partial charge in [-0.3, -0.25) is 0 Å². The van der Waals surface area contributed by atoms with Gasteiger partial charge < -0.3 is 11.1 Å². The lowest BCUT2D eigenvalue weighted by atomic mass is 9.64. The van der Waals surface area contributed by atoms with Gasteiger partial charge >= 0.3 is 0 Å². The van der Waals surface area contributed by atoms with Crippen LogP contribution in [0.2, 0.25) is 0 Å². The molecule has 17 heavy (non-hydrogen) atoms. The summed E-state index contributed by atoms with van der Waals surface area (Å²) in [5, 5.41) is 3.73. The molecule has 0 aromatic carbocycles. The molecule has 1 fully saturated rings. The van der Waals surface area contributed by atoms with Crippen molar-refractivity contribution in [2.24, 2.45) is 17.1 Å². The molecule has 0 amide bonds. The lowest BCUT2D eigenvalue weighted by molar-refractivity contribution is 0.0869. The minimum absolute atomic E-state index is 0.169. The third-order valence-electron chi connectivity index (χ3n) is 3.89. The fourth-order valence-corrected chi connectivity index (χ4v) is 3.69. The Hall–Kier alpha value is -0.340. The van der Waals surface area contributed by atoms with Crippen LogP contribution in [-0.4, -0.2) is 18.6 Å². The van der Waals surface area contributed by atoms with Gasteiger partial charge in [-0.25, -0.2) is 0 Å². The molecule has 0 heterocycles. The third-order valence-corrected chi connectivity index (χ3v) is 3.89. The SMILES string of the molecule is C/C=C/CCNC1(CN)CC(C)CC(C)(C)C1. The van der Waals surface area contributed by atoms with E-state index in [0.29, 0.717) is 5.41 Å². The molecule has 2 nitrogen and oxygen atoms in total. The zero-order valence-electron chi connectivity index (χ0n) is 12.1. The number of nitrogens with two attached hydrogens (primary N) is 1. The monoisotopic (exact) mass is 238 g/mol. The molecule has 2 heteroatoms. The van der Waals surface area contributed by atoms with Crippen LogP contribution >= 0.6 is 0 Å². The first-order chi connectivity index (χ1) is 7.93. The van der Waals surface area contributed by atoms with Crippen molar-refractivity contribution >= 4 is 0 Å². The van der Waals surface area contributed by atoms with E-state index >= 15 is 0 Å². The van der Waals surface area contributed by atoms with Gasteiger partial charge in [0.25, 0.3) is 0 Å². The van der Waals surface area contributed by atoms with Gasteiger partial charge in [0.2, 0.25) is 0 Å². The molecular formula is C15H30N2. The maximum Gasteiger partial charge on any atom is 0.0311 e. The van der Waals surface area contributed by atoms with E-state index in [9.17, 15) is 0 Å². The zero-order valence-corrected chi connectivity index (χ0v) is 12.1. The molecule has 1 rings (SSSR count). The average Bonchev–Trinajstić information content (AvgIpc) is 2.22. The van der Waals surface area contributed by atoms with Gasteiger partial charge in [-0.05, 0) is 50.5 Å². The van der Waals surface area contributed by atoms with E-state index in [1.54, 1.807) is 0 Å². The minimum atomic E-state index is 0.169. The van der Waals surface area contributed by atoms with E-state index in [1.807, 2.05) is 0 Å². The summed E-state index contributed by atoms with van der Waals surface area (Å²) < 4.78 is 0. The molecule has 3 N–H and O–H groups in total. The predicted molar refractivity (Wildman–Crippen MR) is 76.0 cm³/mol. The van der Waals surface area contributed by atoms with Crippen LogP contribution in [0.15, 0.2) is 12.2 Å². The Bertz CT molecular complexity index is 258. The van der Waals surface area contributed by atoms with Gasteiger partial charge in [0.15, 0.2) is 0 Å². The normalized spacial score (nSPS) is 33.1. The quantitative estimate of drug-likeness (QED) is 0.570. The van der Waals surface area contributed by atoms with Gasteiger partial charge in [-0.1, -0.05) is 32.9 Å². The summed E-state index contributed by atoms with van der Waals surface area (Å²) in [6.07, 6.45) is 9.19.